The van der Waals surface area contributed by atoms with E-state index in [2.05, 4.69) is 55.1 Å². The number of aryl methyl sites for hydroxylation is 2. The number of pyridine rings is 2. The molecule has 6 rings (SSSR count). The molecule has 1 saturated carbocycles. The van der Waals surface area contributed by atoms with E-state index in [1.807, 2.05) is 37.3 Å². The van der Waals surface area contributed by atoms with Gasteiger partial charge in [-0.25, -0.2) is 14.4 Å². The Labute approximate surface area is 281 Å². The highest BCUT2D eigenvalue weighted by molar-refractivity contribution is 5.96. The van der Waals surface area contributed by atoms with E-state index in [9.17, 15) is 14.0 Å². The van der Waals surface area contributed by atoms with Crippen LogP contribution in [0.3, 0.4) is 0 Å². The minimum Gasteiger partial charge on any atom is -0.438 e. The smallest absolute Gasteiger partial charge is 0.270 e. The average molecular weight is 651 g/mol. The van der Waals surface area contributed by atoms with E-state index < -0.39 is 11.7 Å². The Hall–Kier alpha value is -4.67. The second-order valence-electron chi connectivity index (χ2n) is 12.7. The molecule has 2 aromatic carbocycles. The van der Waals surface area contributed by atoms with Gasteiger partial charge in [0.2, 0.25) is 5.88 Å². The summed E-state index contributed by atoms with van der Waals surface area (Å²) in [5.74, 6) is -0.725. The summed E-state index contributed by atoms with van der Waals surface area (Å²) in [5, 5.41) is 9.47. The van der Waals surface area contributed by atoms with Crippen molar-refractivity contribution in [3.05, 3.63) is 107 Å². The maximum Gasteiger partial charge on any atom is 0.270 e. The molecule has 2 amide bonds. The SMILES string of the molecule is Cc1cccc(C(=O)NC2CCC(NC(=O)c3cc(F)cnc3Oc3cccc(-c4ccc(CCCN5CCNCC5)cc4)c3)CC2)n1. The van der Waals surface area contributed by atoms with Gasteiger partial charge in [0, 0.05) is 44.0 Å². The normalized spacial score (nSPS) is 18.2. The van der Waals surface area contributed by atoms with E-state index in [0.717, 1.165) is 74.6 Å². The fourth-order valence-electron chi connectivity index (χ4n) is 6.40. The van der Waals surface area contributed by atoms with Crippen molar-refractivity contribution in [3.8, 4) is 22.8 Å². The second-order valence-corrected chi connectivity index (χ2v) is 12.7. The Kier molecular flexibility index (Phi) is 11.0. The van der Waals surface area contributed by atoms with Crippen molar-refractivity contribution >= 4 is 11.8 Å². The molecule has 0 unspecified atom stereocenters. The van der Waals surface area contributed by atoms with Crippen molar-refractivity contribution < 1.29 is 18.7 Å². The first-order valence-electron chi connectivity index (χ1n) is 16.9. The van der Waals surface area contributed by atoms with Crippen LogP contribution in [0.5, 0.6) is 11.6 Å². The Bertz CT molecular complexity index is 1700. The number of hydrogen-bond donors (Lipinski definition) is 3. The lowest BCUT2D eigenvalue weighted by Crippen LogP contribution is -2.44. The molecule has 1 aliphatic heterocycles. The van der Waals surface area contributed by atoms with Crippen LogP contribution in [0.15, 0.2) is 79.0 Å². The molecule has 2 fully saturated rings. The van der Waals surface area contributed by atoms with E-state index >= 15 is 0 Å². The number of aromatic nitrogens is 2. The first-order valence-corrected chi connectivity index (χ1v) is 16.9. The predicted octanol–water partition coefficient (Wildman–Crippen LogP) is 5.69. The summed E-state index contributed by atoms with van der Waals surface area (Å²) < 4.78 is 20.4. The van der Waals surface area contributed by atoms with Gasteiger partial charge in [0.15, 0.2) is 0 Å². The third-order valence-electron chi connectivity index (χ3n) is 9.07. The number of rotatable bonds is 11. The zero-order chi connectivity index (χ0) is 33.3. The molecule has 2 aliphatic rings. The standard InChI is InChI=1S/C38H43FN6O3/c1-26-5-2-9-35(42-26)37(47)44-32-16-14-31(15-17-32)43-36(46)34-24-30(39)25-41-38(34)48-33-8-3-7-29(23-33)28-12-10-27(11-13-28)6-4-20-45-21-18-40-19-22-45/h2-3,5,7-13,23-25,31-32,40H,4,6,14-22H2,1H3,(H,43,46)(H,44,47). The fraction of sp³-hybridized carbons (Fsp3) is 0.368. The molecule has 48 heavy (non-hydrogen) atoms. The molecular weight excluding hydrogens is 607 g/mol. The van der Waals surface area contributed by atoms with Crippen molar-refractivity contribution in [2.45, 2.75) is 57.5 Å². The van der Waals surface area contributed by atoms with Gasteiger partial charge in [-0.15, -0.1) is 0 Å². The molecule has 3 heterocycles. The number of carbonyl (C=O) groups excluding carboxylic acids is 2. The van der Waals surface area contributed by atoms with Gasteiger partial charge >= 0.3 is 0 Å². The van der Waals surface area contributed by atoms with Crippen LogP contribution in [0.1, 0.15) is 64.2 Å². The number of amides is 2. The molecule has 1 saturated heterocycles. The lowest BCUT2D eigenvalue weighted by molar-refractivity contribution is 0.0887. The number of ether oxygens (including phenoxy) is 1. The number of nitrogens with one attached hydrogen (secondary N) is 3. The van der Waals surface area contributed by atoms with Gasteiger partial charge in [-0.2, -0.15) is 0 Å². The summed E-state index contributed by atoms with van der Waals surface area (Å²) in [6.45, 7) is 7.35. The summed E-state index contributed by atoms with van der Waals surface area (Å²) in [6, 6.07) is 22.6. The van der Waals surface area contributed by atoms with Crippen LogP contribution in [0.25, 0.3) is 11.1 Å². The lowest BCUT2D eigenvalue weighted by Gasteiger charge is -2.29. The molecule has 4 aromatic rings. The zero-order valence-corrected chi connectivity index (χ0v) is 27.4. The van der Waals surface area contributed by atoms with Gasteiger partial charge in [0.1, 0.15) is 22.8 Å². The molecule has 1 aliphatic carbocycles. The molecule has 9 nitrogen and oxygen atoms in total. The Morgan fingerprint density at radius 2 is 1.60 bits per heavy atom. The van der Waals surface area contributed by atoms with Crippen molar-refractivity contribution in [2.24, 2.45) is 0 Å². The third-order valence-corrected chi connectivity index (χ3v) is 9.07. The van der Waals surface area contributed by atoms with Crippen molar-refractivity contribution in [1.29, 1.82) is 0 Å². The minimum atomic E-state index is -0.620. The van der Waals surface area contributed by atoms with Crippen LogP contribution in [-0.4, -0.2) is 71.5 Å². The van der Waals surface area contributed by atoms with Crippen LogP contribution in [0, 0.1) is 12.7 Å². The first kappa shape index (κ1) is 33.2. The molecule has 10 heteroatoms. The van der Waals surface area contributed by atoms with Gasteiger partial charge in [0.25, 0.3) is 11.8 Å². The van der Waals surface area contributed by atoms with Crippen LogP contribution in [-0.2, 0) is 6.42 Å². The van der Waals surface area contributed by atoms with Gasteiger partial charge in [0.05, 0.1) is 6.20 Å². The Morgan fingerprint density at radius 1 is 0.896 bits per heavy atom. The molecule has 0 bridgehead atoms. The molecule has 3 N–H and O–H groups in total. The van der Waals surface area contributed by atoms with E-state index in [1.165, 1.54) is 5.56 Å². The van der Waals surface area contributed by atoms with Crippen LogP contribution in [0.2, 0.25) is 0 Å². The monoisotopic (exact) mass is 650 g/mol. The topological polar surface area (TPSA) is 108 Å². The number of carbonyl (C=O) groups is 2. The third kappa shape index (κ3) is 9.02. The minimum absolute atomic E-state index is 0.00595. The van der Waals surface area contributed by atoms with Gasteiger partial charge in [-0.3, -0.25) is 9.59 Å². The predicted molar refractivity (Wildman–Crippen MR) is 184 cm³/mol. The summed E-state index contributed by atoms with van der Waals surface area (Å²) in [5.41, 5.74) is 4.55. The maximum absolute atomic E-state index is 14.3. The maximum atomic E-state index is 14.3. The number of halogens is 1. The van der Waals surface area contributed by atoms with Crippen LogP contribution < -0.4 is 20.7 Å². The highest BCUT2D eigenvalue weighted by Crippen LogP contribution is 2.29. The van der Waals surface area contributed by atoms with E-state index in [-0.39, 0.29) is 29.4 Å². The van der Waals surface area contributed by atoms with E-state index in [0.29, 0.717) is 37.1 Å². The Balaban J connectivity index is 1.03. The van der Waals surface area contributed by atoms with Gasteiger partial charge in [-0.05, 0) is 99.0 Å². The molecule has 0 radical (unpaired) electrons. The number of benzene rings is 2. The molecule has 0 atom stereocenters. The van der Waals surface area contributed by atoms with E-state index in [1.54, 1.807) is 12.1 Å². The van der Waals surface area contributed by atoms with Gasteiger partial charge < -0.3 is 25.6 Å². The highest BCUT2D eigenvalue weighted by Gasteiger charge is 2.26. The molecule has 0 spiro atoms. The van der Waals surface area contributed by atoms with Crippen molar-refractivity contribution in [1.82, 2.24) is 30.8 Å². The van der Waals surface area contributed by atoms with Crippen molar-refractivity contribution in [2.75, 3.05) is 32.7 Å². The fourth-order valence-corrected chi connectivity index (χ4v) is 6.40. The van der Waals surface area contributed by atoms with Crippen LogP contribution >= 0.6 is 0 Å². The van der Waals surface area contributed by atoms with Crippen molar-refractivity contribution in [3.63, 3.8) is 0 Å². The summed E-state index contributed by atoms with van der Waals surface area (Å²) in [4.78, 5) is 36.9. The number of nitrogens with zero attached hydrogens (tertiary/aromatic N) is 3. The van der Waals surface area contributed by atoms with Gasteiger partial charge in [-0.1, -0.05) is 42.5 Å². The Morgan fingerprint density at radius 3 is 2.33 bits per heavy atom. The molecule has 250 valence electrons. The quantitative estimate of drug-likeness (QED) is 0.191. The summed E-state index contributed by atoms with van der Waals surface area (Å²) in [7, 11) is 0. The van der Waals surface area contributed by atoms with Crippen LogP contribution in [0.4, 0.5) is 4.39 Å². The largest absolute Gasteiger partial charge is 0.438 e. The zero-order valence-electron chi connectivity index (χ0n) is 27.4. The summed E-state index contributed by atoms with van der Waals surface area (Å²) in [6.07, 6.45) is 5.98. The van der Waals surface area contributed by atoms with E-state index in [4.69, 9.17) is 4.74 Å². The summed E-state index contributed by atoms with van der Waals surface area (Å²) >= 11 is 0. The second kappa shape index (κ2) is 16.0. The molecule has 2 aromatic heterocycles. The lowest BCUT2D eigenvalue weighted by atomic mass is 9.91. The highest BCUT2D eigenvalue weighted by atomic mass is 19.1. The number of piperazine rings is 1. The molecular formula is C38H43FN6O3. The number of hydrogen-bond acceptors (Lipinski definition) is 7. The first-order chi connectivity index (χ1) is 23.4. The average Bonchev–Trinajstić information content (AvgIpc) is 3.11.